The van der Waals surface area contributed by atoms with E-state index in [0.29, 0.717) is 0 Å². The highest BCUT2D eigenvalue weighted by Crippen LogP contribution is 2.11. The molecule has 2 nitrogen and oxygen atoms in total. The molecule has 0 heterocycles. The number of carbonyl (C=O) groups excluding carboxylic acids is 1. The largest absolute Gasteiger partial charge is 0.466 e. The average Bonchev–Trinajstić information content (AvgIpc) is 2.64. The van der Waals surface area contributed by atoms with Gasteiger partial charge >= 0.3 is 5.97 Å². The predicted octanol–water partition coefficient (Wildman–Crippen LogP) is 6.15. The Kier molecular flexibility index (Phi) is 12.1. The summed E-state index contributed by atoms with van der Waals surface area (Å²) in [4.78, 5) is 11.2. The monoisotopic (exact) mass is 340 g/mol. The Morgan fingerprint density at radius 2 is 1.64 bits per heavy atom. The number of hydrogen-bond acceptors (Lipinski definition) is 2. The topological polar surface area (TPSA) is 26.3 Å². The Labute approximate surface area is 153 Å². The van der Waals surface area contributed by atoms with Crippen LogP contribution in [0.25, 0.3) is 6.08 Å². The van der Waals surface area contributed by atoms with Gasteiger partial charge in [0.15, 0.2) is 0 Å². The molecule has 0 N–H and O–H groups in total. The van der Waals surface area contributed by atoms with E-state index in [-0.39, 0.29) is 5.97 Å². The molecule has 1 aromatic rings. The first kappa shape index (κ1) is 21.0. The summed E-state index contributed by atoms with van der Waals surface area (Å²) in [6.07, 6.45) is 16.1. The number of unbranched alkanes of at least 4 members (excludes halogenated alkanes) is 9. The Morgan fingerprint density at radius 1 is 1.00 bits per heavy atom. The number of carbonyl (C=O) groups is 1. The van der Waals surface area contributed by atoms with Crippen molar-refractivity contribution < 1.29 is 9.53 Å². The van der Waals surface area contributed by atoms with E-state index in [4.69, 9.17) is 0 Å². The minimum Gasteiger partial charge on any atom is -0.466 e. The molecule has 0 spiro atoms. The van der Waals surface area contributed by atoms with Crippen LogP contribution in [0.3, 0.4) is 0 Å². The van der Waals surface area contributed by atoms with Gasteiger partial charge in [-0.15, -0.1) is 0 Å². The SMILES string of the molecule is CCCCCCCCCCCC#Cc1ccccc1/C=C/C(=O)OC. The average molecular weight is 341 g/mol. The first-order valence-electron chi connectivity index (χ1n) is 9.62. The standard InChI is InChI=1S/C23H32O2/c1-3-4-5-6-7-8-9-10-11-12-13-16-21-17-14-15-18-22(21)19-20-23(24)25-2/h14-15,17-20H,3-12H2,1-2H3/b20-19+. The first-order valence-corrected chi connectivity index (χ1v) is 9.62. The number of benzene rings is 1. The number of rotatable bonds is 11. The summed E-state index contributed by atoms with van der Waals surface area (Å²) in [5.74, 6) is 6.14. The summed E-state index contributed by atoms with van der Waals surface area (Å²) < 4.78 is 4.62. The van der Waals surface area contributed by atoms with Crippen molar-refractivity contribution >= 4 is 12.0 Å². The maximum absolute atomic E-state index is 11.2. The van der Waals surface area contributed by atoms with E-state index in [0.717, 1.165) is 17.5 Å². The Morgan fingerprint density at radius 3 is 2.32 bits per heavy atom. The molecule has 0 radical (unpaired) electrons. The van der Waals surface area contributed by atoms with Gasteiger partial charge in [0.2, 0.25) is 0 Å². The van der Waals surface area contributed by atoms with Crippen LogP contribution in [0, 0.1) is 11.8 Å². The van der Waals surface area contributed by atoms with Gasteiger partial charge in [-0.3, -0.25) is 0 Å². The van der Waals surface area contributed by atoms with E-state index in [1.165, 1.54) is 71.0 Å². The van der Waals surface area contributed by atoms with Crippen molar-refractivity contribution in [3.05, 3.63) is 41.5 Å². The second-order valence-corrected chi connectivity index (χ2v) is 6.32. The second-order valence-electron chi connectivity index (χ2n) is 6.32. The quantitative estimate of drug-likeness (QED) is 0.209. The fraction of sp³-hybridized carbons (Fsp3) is 0.522. The molecule has 0 unspecified atom stereocenters. The van der Waals surface area contributed by atoms with Gasteiger partial charge in [-0.2, -0.15) is 0 Å². The number of esters is 1. The molecular formula is C23H32O2. The van der Waals surface area contributed by atoms with Gasteiger partial charge in [0.1, 0.15) is 0 Å². The number of ether oxygens (including phenoxy) is 1. The molecule has 0 bridgehead atoms. The van der Waals surface area contributed by atoms with Crippen LogP contribution in [0.1, 0.15) is 82.3 Å². The molecule has 1 rings (SSSR count). The third-order valence-corrected chi connectivity index (χ3v) is 4.19. The molecule has 0 aliphatic rings. The van der Waals surface area contributed by atoms with E-state index >= 15 is 0 Å². The zero-order chi connectivity index (χ0) is 18.2. The van der Waals surface area contributed by atoms with E-state index in [1.54, 1.807) is 6.08 Å². The number of methoxy groups -OCH3 is 1. The maximum atomic E-state index is 11.2. The third-order valence-electron chi connectivity index (χ3n) is 4.19. The molecule has 0 aliphatic carbocycles. The zero-order valence-electron chi connectivity index (χ0n) is 15.9. The maximum Gasteiger partial charge on any atom is 0.330 e. The molecule has 0 atom stereocenters. The third kappa shape index (κ3) is 10.5. The van der Waals surface area contributed by atoms with E-state index in [1.807, 2.05) is 24.3 Å². The van der Waals surface area contributed by atoms with Gasteiger partial charge in [0.05, 0.1) is 7.11 Å². The van der Waals surface area contributed by atoms with Crippen LogP contribution in [0.2, 0.25) is 0 Å². The van der Waals surface area contributed by atoms with Gasteiger partial charge in [-0.1, -0.05) is 88.3 Å². The lowest BCUT2D eigenvalue weighted by Crippen LogP contribution is -1.93. The van der Waals surface area contributed by atoms with Crippen molar-refractivity contribution in [3.8, 4) is 11.8 Å². The Hall–Kier alpha value is -2.01. The summed E-state index contributed by atoms with van der Waals surface area (Å²) in [5.41, 5.74) is 1.91. The Bertz CT molecular complexity index is 575. The van der Waals surface area contributed by atoms with Crippen molar-refractivity contribution in [2.24, 2.45) is 0 Å². The highest BCUT2D eigenvalue weighted by atomic mass is 16.5. The lowest BCUT2D eigenvalue weighted by Gasteiger charge is -2.00. The van der Waals surface area contributed by atoms with Crippen LogP contribution in [0.15, 0.2) is 30.3 Å². The normalized spacial score (nSPS) is 10.5. The fourth-order valence-corrected chi connectivity index (χ4v) is 2.66. The number of hydrogen-bond donors (Lipinski definition) is 0. The van der Waals surface area contributed by atoms with E-state index in [2.05, 4.69) is 23.5 Å². The summed E-state index contributed by atoms with van der Waals surface area (Å²) in [6, 6.07) is 7.86. The van der Waals surface area contributed by atoms with Crippen LogP contribution in [-0.4, -0.2) is 13.1 Å². The lowest BCUT2D eigenvalue weighted by molar-refractivity contribution is -0.134. The van der Waals surface area contributed by atoms with Crippen LogP contribution >= 0.6 is 0 Å². The van der Waals surface area contributed by atoms with E-state index in [9.17, 15) is 4.79 Å². The van der Waals surface area contributed by atoms with Crippen molar-refractivity contribution in [1.82, 2.24) is 0 Å². The molecule has 25 heavy (non-hydrogen) atoms. The van der Waals surface area contributed by atoms with Crippen LogP contribution in [0.4, 0.5) is 0 Å². The van der Waals surface area contributed by atoms with Crippen molar-refractivity contribution in [2.75, 3.05) is 7.11 Å². The second kappa shape index (κ2) is 14.3. The molecule has 2 heteroatoms. The van der Waals surface area contributed by atoms with Gasteiger partial charge < -0.3 is 4.74 Å². The summed E-state index contributed by atoms with van der Waals surface area (Å²) in [5, 5.41) is 0. The summed E-state index contributed by atoms with van der Waals surface area (Å²) >= 11 is 0. The molecule has 0 amide bonds. The molecule has 0 saturated carbocycles. The highest BCUT2D eigenvalue weighted by Gasteiger charge is 1.97. The van der Waals surface area contributed by atoms with E-state index < -0.39 is 0 Å². The molecule has 0 aromatic heterocycles. The smallest absolute Gasteiger partial charge is 0.330 e. The minimum atomic E-state index is -0.350. The highest BCUT2D eigenvalue weighted by molar-refractivity contribution is 5.87. The van der Waals surface area contributed by atoms with Crippen LogP contribution < -0.4 is 0 Å². The molecule has 0 aliphatic heterocycles. The summed E-state index contributed by atoms with van der Waals surface area (Å²) in [7, 11) is 1.38. The van der Waals surface area contributed by atoms with Crippen molar-refractivity contribution in [2.45, 2.75) is 71.1 Å². The van der Waals surface area contributed by atoms with Gasteiger partial charge in [0.25, 0.3) is 0 Å². The molecule has 136 valence electrons. The van der Waals surface area contributed by atoms with Gasteiger partial charge in [-0.05, 0) is 24.1 Å². The van der Waals surface area contributed by atoms with Crippen LogP contribution in [-0.2, 0) is 9.53 Å². The fourth-order valence-electron chi connectivity index (χ4n) is 2.66. The first-order chi connectivity index (χ1) is 12.3. The van der Waals surface area contributed by atoms with Crippen molar-refractivity contribution in [3.63, 3.8) is 0 Å². The summed E-state index contributed by atoms with van der Waals surface area (Å²) in [6.45, 7) is 2.26. The molecule has 1 aromatic carbocycles. The Balaban J connectivity index is 2.27. The van der Waals surface area contributed by atoms with Crippen molar-refractivity contribution in [1.29, 1.82) is 0 Å². The zero-order valence-corrected chi connectivity index (χ0v) is 15.9. The minimum absolute atomic E-state index is 0.350. The van der Waals surface area contributed by atoms with Gasteiger partial charge in [-0.25, -0.2) is 4.79 Å². The predicted molar refractivity (Wildman–Crippen MR) is 106 cm³/mol. The lowest BCUT2D eigenvalue weighted by atomic mass is 10.1. The molecular weight excluding hydrogens is 308 g/mol. The molecule has 0 saturated heterocycles. The van der Waals surface area contributed by atoms with Crippen LogP contribution in [0.5, 0.6) is 0 Å². The van der Waals surface area contributed by atoms with Gasteiger partial charge in [0, 0.05) is 18.1 Å². The molecule has 0 fully saturated rings.